The summed E-state index contributed by atoms with van der Waals surface area (Å²) in [6.07, 6.45) is -2.65. The van der Waals surface area contributed by atoms with Crippen LogP contribution in [0, 0.1) is 28.1 Å². The number of nitrogens with zero attached hydrogens (tertiary/aromatic N) is 7. The minimum Gasteiger partial charge on any atom is -0.340 e. The summed E-state index contributed by atoms with van der Waals surface area (Å²) in [7, 11) is 0. The van der Waals surface area contributed by atoms with E-state index in [1.165, 1.54) is 0 Å². The second kappa shape index (κ2) is 7.60. The van der Waals surface area contributed by atoms with E-state index in [2.05, 4.69) is 26.1 Å². The molecule has 4 fully saturated rings. The summed E-state index contributed by atoms with van der Waals surface area (Å²) in [4.78, 5) is 18.7. The lowest BCUT2D eigenvalue weighted by molar-refractivity contribution is -0.207. The molecular formula is C25H25ClF3N7O. The van der Waals surface area contributed by atoms with Crippen molar-refractivity contribution in [2.24, 2.45) is 16.7 Å². The molecule has 0 atom stereocenters. The highest BCUT2D eigenvalue weighted by Crippen LogP contribution is 2.51. The topological polar surface area (TPSA) is 81.3 Å². The predicted octanol–water partition coefficient (Wildman–Crippen LogP) is 3.53. The number of likely N-dealkylation sites (tertiary alicyclic amines) is 1. The molecule has 7 rings (SSSR count). The van der Waals surface area contributed by atoms with E-state index in [-0.39, 0.29) is 30.2 Å². The molecule has 1 aromatic carbocycles. The fraction of sp³-hybridized carbons (Fsp3) is 0.600. The number of fused-ring (bicyclic) bond motifs is 3. The van der Waals surface area contributed by atoms with Gasteiger partial charge in [-0.25, -0.2) is 0 Å². The van der Waals surface area contributed by atoms with Gasteiger partial charge in [0.2, 0.25) is 11.9 Å². The van der Waals surface area contributed by atoms with Gasteiger partial charge in [-0.3, -0.25) is 14.3 Å². The van der Waals surface area contributed by atoms with Gasteiger partial charge in [-0.05, 0) is 49.4 Å². The van der Waals surface area contributed by atoms with Crippen LogP contribution in [0.5, 0.6) is 0 Å². The first-order chi connectivity index (χ1) is 17.6. The van der Waals surface area contributed by atoms with Crippen LogP contribution in [0.25, 0.3) is 5.69 Å². The normalized spacial score (nSPS) is 27.2. The highest BCUT2D eigenvalue weighted by molar-refractivity contribution is 6.30. The summed E-state index contributed by atoms with van der Waals surface area (Å²) >= 11 is 6.31. The number of amides is 1. The van der Waals surface area contributed by atoms with E-state index in [1.54, 1.807) is 4.90 Å². The first kappa shape index (κ1) is 23.3. The first-order valence-electron chi connectivity index (χ1n) is 12.6. The molecular weight excluding hydrogens is 507 g/mol. The number of alkyl halides is 3. The molecule has 2 saturated carbocycles. The van der Waals surface area contributed by atoms with Gasteiger partial charge in [0.25, 0.3) is 0 Å². The van der Waals surface area contributed by atoms with Gasteiger partial charge in [0.15, 0.2) is 5.82 Å². The molecule has 1 spiro atoms. The molecule has 5 aliphatic rings. The molecule has 0 N–H and O–H groups in total. The summed E-state index contributed by atoms with van der Waals surface area (Å²) in [5.74, 6) is 0.114. The third-order valence-electron chi connectivity index (χ3n) is 8.85. The second-order valence-electron chi connectivity index (χ2n) is 11.5. The number of carbonyl (C=O) groups excluding carboxylic acids is 1. The van der Waals surface area contributed by atoms with Crippen molar-refractivity contribution in [3.8, 4) is 11.8 Å². The largest absolute Gasteiger partial charge is 0.391 e. The van der Waals surface area contributed by atoms with Crippen molar-refractivity contribution < 1.29 is 18.0 Å². The standard InChI is InChI=1S/C25H25ClF3N7O/c26-17-1-2-19-15(5-17)8-33(18-6-16(7-18)25(27,28)29)9-20-31-32-22(36(19)20)35-13-23(14-35)11-34(12-23)21(37)24(10-30)3-4-24/h1-2,5,16,18H,3-4,6-9,11-14H2. The Kier molecular flexibility index (Phi) is 4.79. The maximum absolute atomic E-state index is 13.1. The smallest absolute Gasteiger partial charge is 0.340 e. The van der Waals surface area contributed by atoms with Crippen LogP contribution in [-0.2, 0) is 17.9 Å². The number of nitriles is 1. The van der Waals surface area contributed by atoms with E-state index in [9.17, 15) is 23.2 Å². The molecule has 194 valence electrons. The Morgan fingerprint density at radius 3 is 2.49 bits per heavy atom. The number of anilines is 1. The van der Waals surface area contributed by atoms with Crippen molar-refractivity contribution in [3.63, 3.8) is 0 Å². The monoisotopic (exact) mass is 531 g/mol. The summed E-state index contributed by atoms with van der Waals surface area (Å²) < 4.78 is 41.4. The molecule has 0 unspecified atom stereocenters. The summed E-state index contributed by atoms with van der Waals surface area (Å²) in [5, 5.41) is 18.9. The summed E-state index contributed by atoms with van der Waals surface area (Å²) in [6, 6.07) is 7.62. The number of hydrogen-bond acceptors (Lipinski definition) is 6. The molecule has 2 saturated heterocycles. The van der Waals surface area contributed by atoms with Crippen molar-refractivity contribution in [1.29, 1.82) is 5.26 Å². The van der Waals surface area contributed by atoms with E-state index in [1.807, 2.05) is 22.8 Å². The zero-order chi connectivity index (χ0) is 25.7. The van der Waals surface area contributed by atoms with Crippen LogP contribution in [-0.4, -0.2) is 68.9 Å². The number of halogens is 4. The molecule has 3 aliphatic heterocycles. The molecule has 8 nitrogen and oxygen atoms in total. The number of hydrogen-bond donors (Lipinski definition) is 0. The Hall–Kier alpha value is -2.84. The molecule has 2 aromatic rings. The SMILES string of the molecule is N#CC1(C(=O)N2CC3(C2)CN(c2nnc4n2-c2ccc(Cl)cc2CN(C2CC(C(F)(F)F)C2)C4)C3)CC1. The van der Waals surface area contributed by atoms with Crippen molar-refractivity contribution >= 4 is 23.5 Å². The van der Waals surface area contributed by atoms with Gasteiger partial charge in [0.1, 0.15) is 5.41 Å². The maximum atomic E-state index is 13.1. The number of rotatable bonds is 3. The summed E-state index contributed by atoms with van der Waals surface area (Å²) in [5.41, 5.74) is 1.05. The Balaban J connectivity index is 1.10. The molecule has 1 amide bonds. The molecule has 2 aliphatic carbocycles. The van der Waals surface area contributed by atoms with Crippen LogP contribution < -0.4 is 4.90 Å². The van der Waals surface area contributed by atoms with E-state index < -0.39 is 17.5 Å². The van der Waals surface area contributed by atoms with Gasteiger partial charge in [0.05, 0.1) is 24.2 Å². The molecule has 37 heavy (non-hydrogen) atoms. The van der Waals surface area contributed by atoms with Gasteiger partial charge in [-0.2, -0.15) is 18.4 Å². The zero-order valence-electron chi connectivity index (χ0n) is 20.0. The van der Waals surface area contributed by atoms with Gasteiger partial charge in [-0.15, -0.1) is 10.2 Å². The second-order valence-corrected chi connectivity index (χ2v) is 11.9. The Labute approximate surface area is 216 Å². The van der Waals surface area contributed by atoms with Crippen LogP contribution in [0.4, 0.5) is 19.1 Å². The highest BCUT2D eigenvalue weighted by atomic mass is 35.5. The van der Waals surface area contributed by atoms with Crippen LogP contribution in [0.2, 0.25) is 5.02 Å². The lowest BCUT2D eigenvalue weighted by Crippen LogP contribution is -2.74. The third kappa shape index (κ3) is 3.56. The van der Waals surface area contributed by atoms with Gasteiger partial charge >= 0.3 is 6.18 Å². The van der Waals surface area contributed by atoms with Crippen molar-refractivity contribution in [1.82, 2.24) is 24.6 Å². The molecule has 0 bridgehead atoms. The van der Waals surface area contributed by atoms with Gasteiger partial charge in [0, 0.05) is 49.2 Å². The quantitative estimate of drug-likeness (QED) is 0.603. The highest BCUT2D eigenvalue weighted by Gasteiger charge is 2.60. The van der Waals surface area contributed by atoms with Gasteiger partial charge < -0.3 is 9.80 Å². The van der Waals surface area contributed by atoms with E-state index in [4.69, 9.17) is 11.6 Å². The van der Waals surface area contributed by atoms with E-state index in [0.717, 1.165) is 24.3 Å². The molecule has 4 heterocycles. The van der Waals surface area contributed by atoms with Crippen LogP contribution >= 0.6 is 11.6 Å². The average Bonchev–Trinajstić information content (AvgIpc) is 3.48. The predicted molar refractivity (Wildman–Crippen MR) is 127 cm³/mol. The number of carbonyl (C=O) groups is 1. The van der Waals surface area contributed by atoms with E-state index in [0.29, 0.717) is 55.8 Å². The van der Waals surface area contributed by atoms with Crippen LogP contribution in [0.15, 0.2) is 18.2 Å². The lowest BCUT2D eigenvalue weighted by Gasteiger charge is -2.60. The lowest BCUT2D eigenvalue weighted by atomic mass is 9.72. The first-order valence-corrected chi connectivity index (χ1v) is 13.0. The third-order valence-corrected chi connectivity index (χ3v) is 9.09. The Morgan fingerprint density at radius 2 is 1.84 bits per heavy atom. The van der Waals surface area contributed by atoms with Crippen molar-refractivity contribution in [3.05, 3.63) is 34.6 Å². The fourth-order valence-electron chi connectivity index (χ4n) is 6.44. The van der Waals surface area contributed by atoms with Gasteiger partial charge in [-0.1, -0.05) is 11.6 Å². The van der Waals surface area contributed by atoms with E-state index >= 15 is 0 Å². The maximum Gasteiger partial charge on any atom is 0.391 e. The van der Waals surface area contributed by atoms with Crippen molar-refractivity contribution in [2.75, 3.05) is 31.1 Å². The Bertz CT molecular complexity index is 1330. The molecule has 0 radical (unpaired) electrons. The van der Waals surface area contributed by atoms with Crippen molar-refractivity contribution in [2.45, 2.75) is 51.0 Å². The average molecular weight is 532 g/mol. The minimum atomic E-state index is -4.15. The number of benzene rings is 1. The zero-order valence-corrected chi connectivity index (χ0v) is 20.8. The Morgan fingerprint density at radius 1 is 1.11 bits per heavy atom. The molecule has 1 aromatic heterocycles. The summed E-state index contributed by atoms with van der Waals surface area (Å²) in [6.45, 7) is 3.67. The fourth-order valence-corrected chi connectivity index (χ4v) is 6.64. The number of aromatic nitrogens is 3. The molecule has 12 heteroatoms. The van der Waals surface area contributed by atoms with Crippen LogP contribution in [0.1, 0.15) is 37.1 Å². The van der Waals surface area contributed by atoms with Crippen LogP contribution in [0.3, 0.4) is 0 Å². The minimum absolute atomic E-state index is 0.00567.